The van der Waals surface area contributed by atoms with Gasteiger partial charge in [-0.1, -0.05) is 69.2 Å². The molecule has 0 spiro atoms. The molecule has 0 atom stereocenters. The number of rotatable bonds is 0. The van der Waals surface area contributed by atoms with Crippen molar-refractivity contribution in [2.75, 3.05) is 0 Å². The largest absolute Gasteiger partial charge is 4.00 e. The fraction of sp³-hybridized carbons (Fsp3) is 0.500. The van der Waals surface area contributed by atoms with Crippen molar-refractivity contribution in [1.29, 1.82) is 0 Å². The van der Waals surface area contributed by atoms with Gasteiger partial charge in [0.15, 0.2) is 0 Å². The number of hydrogen-bond donors (Lipinski definition) is 0. The SMILES string of the molecule is Cc1c(C)c(C)[c-](C)c1C.Cc1c(C)c(C)[c-](C)c1C.[CH2-]C.[CH2-]C.[Ti+4]. The summed E-state index contributed by atoms with van der Waals surface area (Å²) < 4.78 is 0. The van der Waals surface area contributed by atoms with Crippen LogP contribution in [0.4, 0.5) is 0 Å². The predicted octanol–water partition coefficient (Wildman–Crippen LogP) is 7.57. The zero-order valence-corrected chi connectivity index (χ0v) is 20.5. The van der Waals surface area contributed by atoms with Crippen LogP contribution >= 0.6 is 0 Å². The molecule has 0 saturated carbocycles. The first-order valence-corrected chi connectivity index (χ1v) is 8.91. The molecule has 2 rings (SSSR count). The van der Waals surface area contributed by atoms with Crippen LogP contribution in [-0.2, 0) is 21.7 Å². The van der Waals surface area contributed by atoms with E-state index < -0.39 is 0 Å². The molecule has 2 aromatic carbocycles. The Hall–Kier alpha value is -0.586. The van der Waals surface area contributed by atoms with Gasteiger partial charge in [-0.15, -0.1) is 0 Å². The van der Waals surface area contributed by atoms with Crippen LogP contribution in [0.15, 0.2) is 0 Å². The zero-order valence-electron chi connectivity index (χ0n) is 18.9. The molecule has 0 amide bonds. The second-order valence-electron chi connectivity index (χ2n) is 6.25. The van der Waals surface area contributed by atoms with E-state index in [1.807, 2.05) is 0 Å². The van der Waals surface area contributed by atoms with Crippen molar-refractivity contribution in [2.45, 2.75) is 83.1 Å². The van der Waals surface area contributed by atoms with E-state index in [2.05, 4.69) is 83.1 Å². The molecule has 0 heterocycles. The molecule has 0 aromatic heterocycles. The normalized spacial score (nSPS) is 8.88. The van der Waals surface area contributed by atoms with Gasteiger partial charge in [0, 0.05) is 0 Å². The molecule has 140 valence electrons. The summed E-state index contributed by atoms with van der Waals surface area (Å²) in [6, 6.07) is 0. The van der Waals surface area contributed by atoms with Gasteiger partial charge in [-0.05, 0) is 0 Å². The Morgan fingerprint density at radius 1 is 0.440 bits per heavy atom. The Labute approximate surface area is 174 Å². The van der Waals surface area contributed by atoms with E-state index in [0.29, 0.717) is 0 Å². The Morgan fingerprint density at radius 3 is 0.600 bits per heavy atom. The van der Waals surface area contributed by atoms with Gasteiger partial charge in [0.2, 0.25) is 0 Å². The number of hydrogen-bond acceptors (Lipinski definition) is 0. The maximum Gasteiger partial charge on any atom is 4.00 e. The van der Waals surface area contributed by atoms with Gasteiger partial charge < -0.3 is 13.8 Å². The monoisotopic (exact) mass is 376 g/mol. The Balaban J connectivity index is -0.000000312. The van der Waals surface area contributed by atoms with Crippen LogP contribution in [0.3, 0.4) is 0 Å². The smallest absolute Gasteiger partial charge is 0.346 e. The molecular formula is C24H40Ti. The Morgan fingerprint density at radius 2 is 0.560 bits per heavy atom. The summed E-state index contributed by atoms with van der Waals surface area (Å²) in [5.74, 6) is 0. The minimum absolute atomic E-state index is 0. The van der Waals surface area contributed by atoms with Gasteiger partial charge in [0.25, 0.3) is 0 Å². The molecule has 0 fully saturated rings. The molecule has 0 unspecified atom stereocenters. The molecule has 0 radical (unpaired) electrons. The van der Waals surface area contributed by atoms with Crippen molar-refractivity contribution in [3.05, 3.63) is 69.5 Å². The summed E-state index contributed by atoms with van der Waals surface area (Å²) in [6.45, 7) is 32.0. The summed E-state index contributed by atoms with van der Waals surface area (Å²) in [6.07, 6.45) is 0. The van der Waals surface area contributed by atoms with E-state index in [1.165, 1.54) is 55.6 Å². The Bertz CT molecular complexity index is 405. The minimum atomic E-state index is 0. The summed E-state index contributed by atoms with van der Waals surface area (Å²) in [5.41, 5.74) is 14.7. The summed E-state index contributed by atoms with van der Waals surface area (Å²) >= 11 is 0. The van der Waals surface area contributed by atoms with Gasteiger partial charge in [0.1, 0.15) is 0 Å². The summed E-state index contributed by atoms with van der Waals surface area (Å²) in [5, 5.41) is 0. The first-order chi connectivity index (χ1) is 11.1. The second-order valence-corrected chi connectivity index (χ2v) is 6.25. The molecule has 0 aliphatic rings. The molecule has 25 heavy (non-hydrogen) atoms. The molecule has 0 nitrogen and oxygen atoms in total. The second kappa shape index (κ2) is 13.6. The van der Waals surface area contributed by atoms with Crippen molar-refractivity contribution >= 4 is 0 Å². The van der Waals surface area contributed by atoms with Crippen molar-refractivity contribution < 1.29 is 21.7 Å². The van der Waals surface area contributed by atoms with Crippen molar-refractivity contribution in [2.24, 2.45) is 0 Å². The van der Waals surface area contributed by atoms with E-state index in [9.17, 15) is 0 Å². The maximum absolute atomic E-state index is 3.25. The van der Waals surface area contributed by atoms with Crippen LogP contribution in [0.2, 0.25) is 0 Å². The molecule has 1 heteroatoms. The van der Waals surface area contributed by atoms with Crippen molar-refractivity contribution in [3.63, 3.8) is 0 Å². The van der Waals surface area contributed by atoms with Gasteiger partial charge in [-0.25, -0.2) is 0 Å². The fourth-order valence-electron chi connectivity index (χ4n) is 2.81. The van der Waals surface area contributed by atoms with Crippen molar-refractivity contribution in [3.8, 4) is 0 Å². The van der Waals surface area contributed by atoms with Crippen LogP contribution in [0.1, 0.15) is 69.5 Å². The quantitative estimate of drug-likeness (QED) is 0.328. The molecule has 0 aliphatic heterocycles. The van der Waals surface area contributed by atoms with Crippen LogP contribution in [0, 0.1) is 83.1 Å². The molecular weight excluding hydrogens is 336 g/mol. The third-order valence-corrected chi connectivity index (χ3v) is 5.62. The molecule has 0 aliphatic carbocycles. The standard InChI is InChI=1S/2C10H15.2C2H5.Ti/c2*1-6-7(2)9(4)10(5)8(6)3;2*1-2;/h2*1-5H3;2*1H2,2H3;/q4*-1;+4. The third kappa shape index (κ3) is 6.91. The van der Waals surface area contributed by atoms with E-state index in [4.69, 9.17) is 0 Å². The zero-order chi connectivity index (χ0) is 19.8. The maximum atomic E-state index is 3.25. The van der Waals surface area contributed by atoms with Gasteiger partial charge in [-0.2, -0.15) is 69.5 Å². The van der Waals surface area contributed by atoms with E-state index in [-0.39, 0.29) is 21.7 Å². The van der Waals surface area contributed by atoms with Crippen LogP contribution < -0.4 is 0 Å². The van der Waals surface area contributed by atoms with Crippen LogP contribution in [-0.4, -0.2) is 0 Å². The van der Waals surface area contributed by atoms with Crippen LogP contribution in [0.25, 0.3) is 0 Å². The first-order valence-electron chi connectivity index (χ1n) is 8.91. The average Bonchev–Trinajstić information content (AvgIpc) is 2.89. The van der Waals surface area contributed by atoms with Gasteiger partial charge in [0.05, 0.1) is 0 Å². The van der Waals surface area contributed by atoms with E-state index >= 15 is 0 Å². The minimum Gasteiger partial charge on any atom is -0.346 e. The molecule has 0 bridgehead atoms. The topological polar surface area (TPSA) is 0 Å². The predicted molar refractivity (Wildman–Crippen MR) is 114 cm³/mol. The average molecular weight is 376 g/mol. The summed E-state index contributed by atoms with van der Waals surface area (Å²) in [7, 11) is 0. The van der Waals surface area contributed by atoms with E-state index in [1.54, 1.807) is 13.8 Å². The van der Waals surface area contributed by atoms with Crippen molar-refractivity contribution in [1.82, 2.24) is 0 Å². The third-order valence-electron chi connectivity index (χ3n) is 5.62. The molecule has 0 N–H and O–H groups in total. The first kappa shape index (κ1) is 29.2. The van der Waals surface area contributed by atoms with Gasteiger partial charge in [-0.3, -0.25) is 0 Å². The Kier molecular flexibility index (Phi) is 15.9. The van der Waals surface area contributed by atoms with Crippen LogP contribution in [0.5, 0.6) is 0 Å². The molecule has 0 saturated heterocycles. The van der Waals surface area contributed by atoms with Gasteiger partial charge >= 0.3 is 21.7 Å². The fourth-order valence-corrected chi connectivity index (χ4v) is 2.81. The van der Waals surface area contributed by atoms with E-state index in [0.717, 1.165) is 0 Å². The summed E-state index contributed by atoms with van der Waals surface area (Å²) in [4.78, 5) is 0. The molecule has 2 aromatic rings.